The Labute approximate surface area is 93.6 Å². The van der Waals surface area contributed by atoms with Crippen molar-refractivity contribution in [3.05, 3.63) is 0 Å². The average Bonchev–Trinajstić information content (AvgIpc) is 2.16. The van der Waals surface area contributed by atoms with Crippen molar-refractivity contribution < 1.29 is 4.79 Å². The van der Waals surface area contributed by atoms with E-state index in [4.69, 9.17) is 5.73 Å². The van der Waals surface area contributed by atoms with Crippen LogP contribution in [-0.2, 0) is 4.79 Å². The third-order valence-corrected chi connectivity index (χ3v) is 3.59. The fourth-order valence-electron chi connectivity index (χ4n) is 2.80. The third-order valence-electron chi connectivity index (χ3n) is 3.59. The van der Waals surface area contributed by atoms with Gasteiger partial charge in [0.1, 0.15) is 5.78 Å². The molecule has 0 amide bonds. The Kier molecular flexibility index (Phi) is 4.78. The highest BCUT2D eigenvalue weighted by molar-refractivity contribution is 5.81. The predicted octanol–water partition coefficient (Wildman–Crippen LogP) is 2.61. The van der Waals surface area contributed by atoms with Gasteiger partial charge in [0.2, 0.25) is 0 Å². The van der Waals surface area contributed by atoms with Crippen molar-refractivity contribution in [2.75, 3.05) is 6.54 Å². The first-order valence-corrected chi connectivity index (χ1v) is 6.25. The zero-order valence-electron chi connectivity index (χ0n) is 10.3. The summed E-state index contributed by atoms with van der Waals surface area (Å²) in [5.74, 6) is 2.56. The molecule has 88 valence electrons. The molecule has 0 aliphatic heterocycles. The van der Waals surface area contributed by atoms with E-state index in [-0.39, 0.29) is 0 Å². The van der Waals surface area contributed by atoms with Crippen LogP contribution < -0.4 is 5.73 Å². The van der Waals surface area contributed by atoms with Crippen LogP contribution in [0.2, 0.25) is 0 Å². The Hall–Kier alpha value is -0.370. The van der Waals surface area contributed by atoms with Gasteiger partial charge in [-0.05, 0) is 43.6 Å². The lowest BCUT2D eigenvalue weighted by Gasteiger charge is -2.31. The topological polar surface area (TPSA) is 43.1 Å². The summed E-state index contributed by atoms with van der Waals surface area (Å²) in [6, 6.07) is 0. The summed E-state index contributed by atoms with van der Waals surface area (Å²) in [5, 5.41) is 0. The van der Waals surface area contributed by atoms with E-state index in [9.17, 15) is 4.79 Å². The van der Waals surface area contributed by atoms with Crippen LogP contribution in [0.5, 0.6) is 0 Å². The Morgan fingerprint density at radius 3 is 2.27 bits per heavy atom. The summed E-state index contributed by atoms with van der Waals surface area (Å²) in [7, 11) is 0. The van der Waals surface area contributed by atoms with Gasteiger partial charge < -0.3 is 5.73 Å². The van der Waals surface area contributed by atoms with Crippen molar-refractivity contribution in [2.45, 2.75) is 46.5 Å². The molecule has 0 bridgehead atoms. The number of Topliss-reactive ketones (excluding diaryl/α,β-unsaturated/α-hetero) is 1. The van der Waals surface area contributed by atoms with E-state index in [1.54, 1.807) is 0 Å². The zero-order valence-corrected chi connectivity index (χ0v) is 10.3. The van der Waals surface area contributed by atoms with Gasteiger partial charge in [-0.15, -0.1) is 0 Å². The van der Waals surface area contributed by atoms with Crippen molar-refractivity contribution in [1.82, 2.24) is 0 Å². The summed E-state index contributed by atoms with van der Waals surface area (Å²) in [6.07, 6.45) is 4.16. The summed E-state index contributed by atoms with van der Waals surface area (Å²) in [6.45, 7) is 7.22. The lowest BCUT2D eigenvalue weighted by Crippen LogP contribution is -2.28. The van der Waals surface area contributed by atoms with Crippen LogP contribution in [0.15, 0.2) is 0 Å². The molecule has 1 fully saturated rings. The van der Waals surface area contributed by atoms with Crippen LogP contribution in [0.1, 0.15) is 46.5 Å². The van der Waals surface area contributed by atoms with E-state index < -0.39 is 0 Å². The quantitative estimate of drug-likeness (QED) is 0.776. The third kappa shape index (κ3) is 3.94. The maximum atomic E-state index is 12.0. The van der Waals surface area contributed by atoms with Gasteiger partial charge in [0.15, 0.2) is 0 Å². The molecule has 2 N–H and O–H groups in total. The van der Waals surface area contributed by atoms with Gasteiger partial charge in [-0.3, -0.25) is 4.79 Å². The summed E-state index contributed by atoms with van der Waals surface area (Å²) in [4.78, 5) is 12.0. The summed E-state index contributed by atoms with van der Waals surface area (Å²) in [5.41, 5.74) is 5.55. The SMILES string of the molecule is CC(CN)CC(=O)C1CC(C)CC(C)C1. The predicted molar refractivity (Wildman–Crippen MR) is 63.5 cm³/mol. The number of hydrogen-bond donors (Lipinski definition) is 1. The van der Waals surface area contributed by atoms with Crippen molar-refractivity contribution in [3.8, 4) is 0 Å². The first kappa shape index (κ1) is 12.7. The molecule has 1 saturated carbocycles. The van der Waals surface area contributed by atoms with Crippen LogP contribution in [0, 0.1) is 23.7 Å². The van der Waals surface area contributed by atoms with Crippen LogP contribution in [-0.4, -0.2) is 12.3 Å². The molecule has 2 nitrogen and oxygen atoms in total. The first-order chi connectivity index (χ1) is 7.02. The molecular weight excluding hydrogens is 186 g/mol. The number of hydrogen-bond acceptors (Lipinski definition) is 2. The first-order valence-electron chi connectivity index (χ1n) is 6.25. The lowest BCUT2D eigenvalue weighted by molar-refractivity contribution is -0.125. The van der Waals surface area contributed by atoms with E-state index >= 15 is 0 Å². The minimum absolute atomic E-state index is 0.317. The molecule has 1 aliphatic carbocycles. The Bertz CT molecular complexity index is 205. The molecule has 0 heterocycles. The normalized spacial score (nSPS) is 33.7. The molecule has 0 saturated heterocycles. The van der Waals surface area contributed by atoms with Gasteiger partial charge in [0, 0.05) is 12.3 Å². The van der Waals surface area contributed by atoms with Gasteiger partial charge in [-0.1, -0.05) is 20.8 Å². The minimum atomic E-state index is 0.317. The maximum absolute atomic E-state index is 12.0. The molecule has 0 aromatic carbocycles. The van der Waals surface area contributed by atoms with Crippen LogP contribution in [0.25, 0.3) is 0 Å². The average molecular weight is 211 g/mol. The number of carbonyl (C=O) groups is 1. The molecule has 0 radical (unpaired) electrons. The van der Waals surface area contributed by atoms with Gasteiger partial charge in [0.25, 0.3) is 0 Å². The number of ketones is 1. The van der Waals surface area contributed by atoms with Crippen molar-refractivity contribution >= 4 is 5.78 Å². The second kappa shape index (κ2) is 5.64. The van der Waals surface area contributed by atoms with Crippen molar-refractivity contribution in [3.63, 3.8) is 0 Å². The van der Waals surface area contributed by atoms with Crippen molar-refractivity contribution in [1.29, 1.82) is 0 Å². The van der Waals surface area contributed by atoms with E-state index in [0.717, 1.165) is 24.7 Å². The molecular formula is C13H25NO. The van der Waals surface area contributed by atoms with Gasteiger partial charge in [-0.2, -0.15) is 0 Å². The number of carbonyl (C=O) groups excluding carboxylic acids is 1. The second-order valence-electron chi connectivity index (χ2n) is 5.63. The minimum Gasteiger partial charge on any atom is -0.330 e. The van der Waals surface area contributed by atoms with E-state index in [2.05, 4.69) is 20.8 Å². The molecule has 0 aromatic rings. The summed E-state index contributed by atoms with van der Waals surface area (Å²) >= 11 is 0. The lowest BCUT2D eigenvalue weighted by atomic mass is 9.74. The molecule has 15 heavy (non-hydrogen) atoms. The maximum Gasteiger partial charge on any atom is 0.136 e. The number of rotatable bonds is 4. The smallest absolute Gasteiger partial charge is 0.136 e. The van der Waals surface area contributed by atoms with E-state index in [1.807, 2.05) is 0 Å². The van der Waals surface area contributed by atoms with Crippen molar-refractivity contribution in [2.24, 2.45) is 29.4 Å². The second-order valence-corrected chi connectivity index (χ2v) is 5.63. The zero-order chi connectivity index (χ0) is 11.4. The monoisotopic (exact) mass is 211 g/mol. The van der Waals surface area contributed by atoms with E-state index in [0.29, 0.717) is 30.6 Å². The highest BCUT2D eigenvalue weighted by Gasteiger charge is 2.28. The molecule has 1 aliphatic rings. The van der Waals surface area contributed by atoms with E-state index in [1.165, 1.54) is 6.42 Å². The molecule has 1 rings (SSSR count). The van der Waals surface area contributed by atoms with Gasteiger partial charge >= 0.3 is 0 Å². The molecule has 0 aromatic heterocycles. The molecule has 3 unspecified atom stereocenters. The van der Waals surface area contributed by atoms with Crippen LogP contribution in [0.4, 0.5) is 0 Å². The fraction of sp³-hybridized carbons (Fsp3) is 0.923. The Morgan fingerprint density at radius 2 is 1.80 bits per heavy atom. The molecule has 3 atom stereocenters. The van der Waals surface area contributed by atoms with Crippen LogP contribution in [0.3, 0.4) is 0 Å². The largest absolute Gasteiger partial charge is 0.330 e. The Morgan fingerprint density at radius 1 is 1.27 bits per heavy atom. The molecule has 2 heteroatoms. The fourth-order valence-corrected chi connectivity index (χ4v) is 2.80. The standard InChI is InChI=1S/C13H25NO/c1-9-4-10(2)6-12(5-9)13(15)7-11(3)8-14/h9-12H,4-8,14H2,1-3H3. The van der Waals surface area contributed by atoms with Crippen LogP contribution >= 0.6 is 0 Å². The summed E-state index contributed by atoms with van der Waals surface area (Å²) < 4.78 is 0. The highest BCUT2D eigenvalue weighted by atomic mass is 16.1. The highest BCUT2D eigenvalue weighted by Crippen LogP contribution is 2.34. The molecule has 0 spiro atoms. The number of nitrogens with two attached hydrogens (primary N) is 1. The Balaban J connectivity index is 2.44. The van der Waals surface area contributed by atoms with Gasteiger partial charge in [-0.25, -0.2) is 0 Å². The van der Waals surface area contributed by atoms with Gasteiger partial charge in [0.05, 0.1) is 0 Å².